The molecule has 1 unspecified atom stereocenters. The van der Waals surface area contributed by atoms with Gasteiger partial charge in [-0.3, -0.25) is 4.79 Å². The van der Waals surface area contributed by atoms with E-state index in [9.17, 15) is 4.79 Å². The Bertz CT molecular complexity index is 479. The molecule has 0 heterocycles. The van der Waals surface area contributed by atoms with Crippen LogP contribution in [0.1, 0.15) is 59.1 Å². The topological polar surface area (TPSA) is 64.7 Å². The summed E-state index contributed by atoms with van der Waals surface area (Å²) in [6.45, 7) is 12.5. The van der Waals surface area contributed by atoms with E-state index in [0.29, 0.717) is 25.4 Å². The lowest BCUT2D eigenvalue weighted by Gasteiger charge is -2.10. The highest BCUT2D eigenvalue weighted by molar-refractivity contribution is 5.98. The van der Waals surface area contributed by atoms with Crippen LogP contribution in [0, 0.1) is 5.92 Å². The summed E-state index contributed by atoms with van der Waals surface area (Å²) < 4.78 is 0. The molecule has 1 rings (SSSR count). The number of hydrogen-bond donors (Lipinski definition) is 1. The molecule has 0 saturated carbocycles. The summed E-state index contributed by atoms with van der Waals surface area (Å²) in [6.07, 6.45) is 1.06. The number of Topliss-reactive ketones (excluding diaryl/α,β-unsaturated/α-hetero) is 1. The SMILES string of the molecule is CC.CCC(=O)C(N)Cc1ccc(/C(C)=N\OCC(C)C)cc1. The van der Waals surface area contributed by atoms with Gasteiger partial charge in [-0.05, 0) is 30.4 Å². The van der Waals surface area contributed by atoms with Crippen molar-refractivity contribution < 1.29 is 9.63 Å². The van der Waals surface area contributed by atoms with Crippen LogP contribution < -0.4 is 5.73 Å². The number of rotatable bonds is 8. The summed E-state index contributed by atoms with van der Waals surface area (Å²) in [4.78, 5) is 16.8. The van der Waals surface area contributed by atoms with Crippen molar-refractivity contribution in [3.8, 4) is 0 Å². The summed E-state index contributed by atoms with van der Waals surface area (Å²) in [7, 11) is 0. The second kappa shape index (κ2) is 11.8. The molecule has 0 bridgehead atoms. The van der Waals surface area contributed by atoms with Crippen LogP contribution in [0.15, 0.2) is 29.4 Å². The van der Waals surface area contributed by atoms with E-state index < -0.39 is 6.04 Å². The summed E-state index contributed by atoms with van der Waals surface area (Å²) in [5, 5.41) is 4.10. The Labute approximate surface area is 141 Å². The zero-order valence-corrected chi connectivity index (χ0v) is 15.4. The van der Waals surface area contributed by atoms with Crippen LogP contribution in [0.5, 0.6) is 0 Å². The van der Waals surface area contributed by atoms with Gasteiger partial charge in [0.1, 0.15) is 12.4 Å². The third kappa shape index (κ3) is 8.50. The van der Waals surface area contributed by atoms with E-state index in [1.54, 1.807) is 0 Å². The molecular weight excluding hydrogens is 288 g/mol. The standard InChI is InChI=1S/C17H26N2O2.C2H6/c1-5-17(20)16(18)10-14-6-8-15(9-7-14)13(4)19-21-11-12(2)3;1-2/h6-9,12,16H,5,10-11,18H2,1-4H3;1-2H3/b19-13-;. The monoisotopic (exact) mass is 320 g/mol. The van der Waals surface area contributed by atoms with Crippen molar-refractivity contribution in [3.05, 3.63) is 35.4 Å². The molecule has 23 heavy (non-hydrogen) atoms. The molecular formula is C19H32N2O2. The Morgan fingerprint density at radius 3 is 2.26 bits per heavy atom. The maximum atomic E-state index is 11.5. The number of carbonyl (C=O) groups is 1. The minimum Gasteiger partial charge on any atom is -0.395 e. The second-order valence-corrected chi connectivity index (χ2v) is 5.69. The maximum absolute atomic E-state index is 11.5. The highest BCUT2D eigenvalue weighted by Gasteiger charge is 2.11. The van der Waals surface area contributed by atoms with Crippen LogP contribution in [0.4, 0.5) is 0 Å². The van der Waals surface area contributed by atoms with Gasteiger partial charge < -0.3 is 10.6 Å². The van der Waals surface area contributed by atoms with Crippen LogP contribution in [-0.2, 0) is 16.1 Å². The zero-order chi connectivity index (χ0) is 17.8. The predicted octanol–water partition coefficient (Wildman–Crippen LogP) is 3.96. The fourth-order valence-electron chi connectivity index (χ4n) is 1.85. The van der Waals surface area contributed by atoms with Crippen molar-refractivity contribution in [1.29, 1.82) is 0 Å². The van der Waals surface area contributed by atoms with Gasteiger partial charge in [-0.2, -0.15) is 0 Å². The molecule has 4 nitrogen and oxygen atoms in total. The average molecular weight is 320 g/mol. The van der Waals surface area contributed by atoms with E-state index in [1.165, 1.54) is 0 Å². The van der Waals surface area contributed by atoms with Crippen LogP contribution in [0.25, 0.3) is 0 Å². The van der Waals surface area contributed by atoms with Gasteiger partial charge in [-0.1, -0.05) is 64.0 Å². The molecule has 0 aliphatic rings. The van der Waals surface area contributed by atoms with Gasteiger partial charge >= 0.3 is 0 Å². The second-order valence-electron chi connectivity index (χ2n) is 5.69. The van der Waals surface area contributed by atoms with Crippen molar-refractivity contribution in [2.75, 3.05) is 6.61 Å². The first-order valence-corrected chi connectivity index (χ1v) is 8.48. The number of carbonyl (C=O) groups excluding carboxylic acids is 1. The molecule has 1 aromatic carbocycles. The zero-order valence-electron chi connectivity index (χ0n) is 15.4. The quantitative estimate of drug-likeness (QED) is 0.582. The summed E-state index contributed by atoms with van der Waals surface area (Å²) >= 11 is 0. The molecule has 0 fully saturated rings. The van der Waals surface area contributed by atoms with Gasteiger partial charge in [-0.25, -0.2) is 0 Å². The number of nitrogens with two attached hydrogens (primary N) is 1. The molecule has 130 valence electrons. The van der Waals surface area contributed by atoms with Crippen LogP contribution in [0.2, 0.25) is 0 Å². The summed E-state index contributed by atoms with van der Waals surface area (Å²) in [5.41, 5.74) is 8.77. The number of hydrogen-bond acceptors (Lipinski definition) is 4. The predicted molar refractivity (Wildman–Crippen MR) is 97.8 cm³/mol. The minimum atomic E-state index is -0.412. The molecule has 0 amide bonds. The molecule has 0 radical (unpaired) electrons. The lowest BCUT2D eigenvalue weighted by Crippen LogP contribution is -2.32. The van der Waals surface area contributed by atoms with E-state index >= 15 is 0 Å². The van der Waals surface area contributed by atoms with Crippen molar-refractivity contribution in [1.82, 2.24) is 0 Å². The van der Waals surface area contributed by atoms with E-state index in [4.69, 9.17) is 10.6 Å². The lowest BCUT2D eigenvalue weighted by atomic mass is 10.00. The van der Waals surface area contributed by atoms with E-state index in [1.807, 2.05) is 52.0 Å². The number of ketones is 1. The van der Waals surface area contributed by atoms with Gasteiger partial charge in [0.25, 0.3) is 0 Å². The number of benzene rings is 1. The molecule has 0 aliphatic heterocycles. The van der Waals surface area contributed by atoms with Gasteiger partial charge in [0.2, 0.25) is 0 Å². The molecule has 0 spiro atoms. The molecule has 0 aromatic heterocycles. The Morgan fingerprint density at radius 2 is 1.78 bits per heavy atom. The normalized spacial score (nSPS) is 12.4. The fourth-order valence-corrected chi connectivity index (χ4v) is 1.85. The van der Waals surface area contributed by atoms with Crippen molar-refractivity contribution in [3.63, 3.8) is 0 Å². The van der Waals surface area contributed by atoms with E-state index in [2.05, 4.69) is 19.0 Å². The molecule has 1 aromatic rings. The minimum absolute atomic E-state index is 0.0962. The maximum Gasteiger partial charge on any atom is 0.149 e. The highest BCUT2D eigenvalue weighted by Crippen LogP contribution is 2.09. The first kappa shape index (κ1) is 21.3. The van der Waals surface area contributed by atoms with Crippen molar-refractivity contribution in [2.45, 2.75) is 60.4 Å². The smallest absolute Gasteiger partial charge is 0.149 e. The average Bonchev–Trinajstić information content (AvgIpc) is 2.56. The molecule has 1 atom stereocenters. The Kier molecular flexibility index (Phi) is 11.0. The third-order valence-corrected chi connectivity index (χ3v) is 3.20. The molecule has 0 aliphatic carbocycles. The first-order chi connectivity index (χ1) is 10.9. The van der Waals surface area contributed by atoms with E-state index in [-0.39, 0.29) is 5.78 Å². The number of nitrogens with zero attached hydrogens (tertiary/aromatic N) is 1. The van der Waals surface area contributed by atoms with Crippen molar-refractivity contribution in [2.24, 2.45) is 16.8 Å². The van der Waals surface area contributed by atoms with Crippen LogP contribution >= 0.6 is 0 Å². The van der Waals surface area contributed by atoms with Gasteiger partial charge in [0, 0.05) is 6.42 Å². The first-order valence-electron chi connectivity index (χ1n) is 8.48. The highest BCUT2D eigenvalue weighted by atomic mass is 16.6. The van der Waals surface area contributed by atoms with Crippen LogP contribution in [-0.4, -0.2) is 24.1 Å². The fraction of sp³-hybridized carbons (Fsp3) is 0.579. The Balaban J connectivity index is 0.00000232. The lowest BCUT2D eigenvalue weighted by molar-refractivity contribution is -0.119. The Morgan fingerprint density at radius 1 is 1.22 bits per heavy atom. The summed E-state index contributed by atoms with van der Waals surface area (Å²) in [5.74, 6) is 0.556. The van der Waals surface area contributed by atoms with Gasteiger partial charge in [0.05, 0.1) is 11.8 Å². The third-order valence-electron chi connectivity index (χ3n) is 3.20. The molecule has 2 N–H and O–H groups in total. The van der Waals surface area contributed by atoms with Crippen LogP contribution in [0.3, 0.4) is 0 Å². The molecule has 0 saturated heterocycles. The van der Waals surface area contributed by atoms with Crippen molar-refractivity contribution >= 4 is 11.5 Å². The summed E-state index contributed by atoms with van der Waals surface area (Å²) in [6, 6.07) is 7.52. The number of oxime groups is 1. The van der Waals surface area contributed by atoms with Gasteiger partial charge in [0.15, 0.2) is 0 Å². The largest absolute Gasteiger partial charge is 0.395 e. The Hall–Kier alpha value is -1.68. The van der Waals surface area contributed by atoms with Gasteiger partial charge in [-0.15, -0.1) is 0 Å². The van der Waals surface area contributed by atoms with E-state index in [0.717, 1.165) is 16.8 Å². The molecule has 4 heteroatoms.